The number of amides is 3. The highest BCUT2D eigenvalue weighted by atomic mass is 16.6. The third-order valence-electron chi connectivity index (χ3n) is 7.99. The van der Waals surface area contributed by atoms with Crippen LogP contribution in [0, 0.1) is 22.6 Å². The maximum absolute atomic E-state index is 13.4. The Kier molecular flexibility index (Phi) is 10.0. The van der Waals surface area contributed by atoms with E-state index in [0.29, 0.717) is 35.5 Å². The van der Waals surface area contributed by atoms with E-state index < -0.39 is 22.5 Å². The number of nitro groups is 1. The predicted octanol–water partition coefficient (Wildman–Crippen LogP) is 2.81. The number of phenolic OH excluding ortho intramolecular Hbond substituents is 1. The molecule has 0 unspecified atom stereocenters. The van der Waals surface area contributed by atoms with E-state index >= 15 is 0 Å². The number of rotatable bonds is 9. The summed E-state index contributed by atoms with van der Waals surface area (Å²) in [4.78, 5) is 67.1. The first-order valence-electron chi connectivity index (χ1n) is 14.2. The fourth-order valence-electron chi connectivity index (χ4n) is 5.21. The molecule has 4 rings (SSSR count). The van der Waals surface area contributed by atoms with Gasteiger partial charge in [-0.3, -0.25) is 19.5 Å². The van der Waals surface area contributed by atoms with Crippen LogP contribution in [0.3, 0.4) is 0 Å². The number of phenols is 1. The van der Waals surface area contributed by atoms with Crippen LogP contribution in [-0.2, 0) is 16.1 Å². The molecule has 1 aliphatic heterocycles. The van der Waals surface area contributed by atoms with Gasteiger partial charge in [0.2, 0.25) is 0 Å². The van der Waals surface area contributed by atoms with Crippen LogP contribution in [0.1, 0.15) is 18.9 Å². The van der Waals surface area contributed by atoms with Crippen LogP contribution in [0.5, 0.6) is 5.75 Å². The Morgan fingerprint density at radius 3 is 2.62 bits per heavy atom. The van der Waals surface area contributed by atoms with Gasteiger partial charge in [-0.15, -0.1) is 0 Å². The lowest BCUT2D eigenvalue weighted by Crippen LogP contribution is -2.53. The summed E-state index contributed by atoms with van der Waals surface area (Å²) in [5.41, 5.74) is 0.256. The second-order valence-electron chi connectivity index (χ2n) is 11.0. The first-order valence-corrected chi connectivity index (χ1v) is 14.2. The molecule has 1 aromatic carbocycles. The van der Waals surface area contributed by atoms with E-state index in [-0.39, 0.29) is 50.1 Å². The molecular formula is C29H35N9O7. The monoisotopic (exact) mass is 621 g/mol. The molecule has 45 heavy (non-hydrogen) atoms. The summed E-state index contributed by atoms with van der Waals surface area (Å²) in [6.07, 6.45) is 3.10. The topological polar surface area (TPSA) is 172 Å². The predicted molar refractivity (Wildman–Crippen MR) is 163 cm³/mol. The van der Waals surface area contributed by atoms with Crippen molar-refractivity contribution < 1.29 is 29.2 Å². The maximum atomic E-state index is 13.4. The number of likely N-dealkylation sites (tertiary alicyclic amines) is 1. The van der Waals surface area contributed by atoms with Gasteiger partial charge in [0, 0.05) is 59.6 Å². The molecule has 16 heteroatoms. The van der Waals surface area contributed by atoms with E-state index in [1.54, 1.807) is 24.2 Å². The van der Waals surface area contributed by atoms with Crippen molar-refractivity contribution in [2.75, 3.05) is 58.8 Å². The van der Waals surface area contributed by atoms with Crippen LogP contribution in [-0.4, -0.2) is 117 Å². The van der Waals surface area contributed by atoms with Gasteiger partial charge in [-0.05, 0) is 30.0 Å². The fraction of sp³-hybridized carbons (Fsp3) is 0.448. The smallest absolute Gasteiger partial charge is 0.409 e. The van der Waals surface area contributed by atoms with E-state index in [4.69, 9.17) is 11.3 Å². The Morgan fingerprint density at radius 2 is 1.91 bits per heavy atom. The lowest BCUT2D eigenvalue weighted by Gasteiger charge is -2.41. The molecule has 2 aromatic heterocycles. The molecule has 3 amide bonds. The minimum atomic E-state index is -0.729. The number of nitro benzene ring substituents is 1. The second kappa shape index (κ2) is 13.9. The highest BCUT2D eigenvalue weighted by molar-refractivity contribution is 5.95. The molecule has 0 aliphatic carbocycles. The number of benzene rings is 1. The van der Waals surface area contributed by atoms with Gasteiger partial charge in [0.25, 0.3) is 6.54 Å². The first-order chi connectivity index (χ1) is 21.4. The molecule has 2 atom stereocenters. The number of hydrogen-bond donors (Lipinski definition) is 1. The van der Waals surface area contributed by atoms with Crippen molar-refractivity contribution in [2.45, 2.75) is 26.0 Å². The van der Waals surface area contributed by atoms with Crippen LogP contribution in [0.25, 0.3) is 15.9 Å². The minimum Gasteiger partial charge on any atom is -0.502 e. The zero-order valence-electron chi connectivity index (χ0n) is 25.5. The third-order valence-corrected chi connectivity index (χ3v) is 7.99. The molecule has 1 fully saturated rings. The van der Waals surface area contributed by atoms with Gasteiger partial charge in [-0.25, -0.2) is 26.1 Å². The number of aromatic hydroxyl groups is 1. The van der Waals surface area contributed by atoms with Crippen LogP contribution in [0.2, 0.25) is 0 Å². The molecule has 0 saturated carbocycles. The van der Waals surface area contributed by atoms with Crippen LogP contribution < -0.4 is 4.90 Å². The van der Waals surface area contributed by atoms with Crippen molar-refractivity contribution in [2.24, 2.45) is 5.92 Å². The van der Waals surface area contributed by atoms with Gasteiger partial charge >= 0.3 is 23.7 Å². The largest absolute Gasteiger partial charge is 0.502 e. The number of ether oxygens (including phenoxy) is 1. The summed E-state index contributed by atoms with van der Waals surface area (Å²) in [5, 5.41) is 21.3. The Balaban J connectivity index is 1.38. The van der Waals surface area contributed by atoms with E-state index in [0.717, 1.165) is 18.6 Å². The molecule has 238 valence electrons. The Labute approximate surface area is 259 Å². The van der Waals surface area contributed by atoms with E-state index in [1.165, 1.54) is 33.8 Å². The molecule has 3 heterocycles. The summed E-state index contributed by atoms with van der Waals surface area (Å²) in [5.74, 6) is 0.203. The zero-order valence-corrected chi connectivity index (χ0v) is 25.5. The molecule has 0 spiro atoms. The first kappa shape index (κ1) is 32.5. The highest BCUT2D eigenvalue weighted by Crippen LogP contribution is 2.30. The molecule has 0 bridgehead atoms. The van der Waals surface area contributed by atoms with Gasteiger partial charge in [0.05, 0.1) is 16.4 Å². The number of carbonyl (C=O) groups excluding carboxylic acids is 3. The standard InChI is InChI=1S/C29H35N9O7/c1-19-8-10-36(25(40)15-30-2)16-23(19)35(5)26-21-9-11-37(27(21)32-18-31-26)28(41)33(3)12-13-34(4)29(42)45-17-20-6-7-24(39)22(14-20)38(43)44/h6-7,9,11,14,18-19,23,39H,8,10,12-13,15-17H2,1,3-5H3/t19-,23+/m1/s1. The Bertz CT molecular complexity index is 1640. The van der Waals surface area contributed by atoms with Crippen LogP contribution in [0.15, 0.2) is 36.8 Å². The van der Waals surface area contributed by atoms with E-state index in [9.17, 15) is 29.6 Å². The van der Waals surface area contributed by atoms with Crippen molar-refractivity contribution in [3.8, 4) is 5.75 Å². The quantitative estimate of drug-likeness (QED) is 0.213. The molecule has 1 aliphatic rings. The average molecular weight is 622 g/mol. The number of likely N-dealkylation sites (N-methyl/N-ethyl adjacent to an activating group) is 3. The van der Waals surface area contributed by atoms with Crippen molar-refractivity contribution in [1.29, 1.82) is 0 Å². The van der Waals surface area contributed by atoms with Crippen molar-refractivity contribution in [3.63, 3.8) is 0 Å². The fourth-order valence-corrected chi connectivity index (χ4v) is 5.21. The summed E-state index contributed by atoms with van der Waals surface area (Å²) in [7, 11) is 4.99. The maximum Gasteiger partial charge on any atom is 0.409 e. The number of piperidine rings is 1. The summed E-state index contributed by atoms with van der Waals surface area (Å²) in [6.45, 7) is 10.1. The van der Waals surface area contributed by atoms with Gasteiger partial charge in [-0.2, -0.15) is 0 Å². The number of aromatic nitrogens is 3. The molecule has 16 nitrogen and oxygen atoms in total. The van der Waals surface area contributed by atoms with Gasteiger partial charge in [-0.1, -0.05) is 13.0 Å². The SMILES string of the molecule is [C-]#[N+]CC(=O)N1CC[C@@H](C)[C@@H](N(C)c2ncnc3c2ccn3C(=O)N(C)CCN(C)C(=O)OCc2ccc(O)c([N+](=O)[O-])c2)C1. The van der Waals surface area contributed by atoms with Crippen molar-refractivity contribution in [3.05, 3.63) is 63.9 Å². The molecule has 3 aromatic rings. The van der Waals surface area contributed by atoms with Gasteiger partial charge < -0.3 is 34.3 Å². The average Bonchev–Trinajstić information content (AvgIpc) is 3.46. The van der Waals surface area contributed by atoms with Gasteiger partial charge in [0.15, 0.2) is 11.4 Å². The number of hydrogen-bond acceptors (Lipinski definition) is 10. The minimum absolute atomic E-state index is 0.0484. The number of nitrogens with zero attached hydrogens (tertiary/aromatic N) is 9. The lowest BCUT2D eigenvalue weighted by molar-refractivity contribution is -0.385. The number of anilines is 1. The number of carbonyl (C=O) groups is 3. The normalized spacial score (nSPS) is 16.1. The second-order valence-corrected chi connectivity index (χ2v) is 11.0. The lowest BCUT2D eigenvalue weighted by atomic mass is 9.92. The summed E-state index contributed by atoms with van der Waals surface area (Å²) >= 11 is 0. The third kappa shape index (κ3) is 7.20. The zero-order chi connectivity index (χ0) is 32.8. The summed E-state index contributed by atoms with van der Waals surface area (Å²) in [6, 6.07) is 5.05. The summed E-state index contributed by atoms with van der Waals surface area (Å²) < 4.78 is 6.63. The molecule has 1 N–H and O–H groups in total. The Hall–Kier alpha value is -5.46. The van der Waals surface area contributed by atoms with Crippen LogP contribution in [0.4, 0.5) is 21.1 Å². The molecular weight excluding hydrogens is 586 g/mol. The molecule has 0 radical (unpaired) electrons. The highest BCUT2D eigenvalue weighted by Gasteiger charge is 2.33. The number of fused-ring (bicyclic) bond motifs is 1. The van der Waals surface area contributed by atoms with E-state index in [1.807, 2.05) is 11.9 Å². The Morgan fingerprint density at radius 1 is 1.18 bits per heavy atom. The van der Waals surface area contributed by atoms with Crippen molar-refractivity contribution in [1.82, 2.24) is 29.2 Å². The van der Waals surface area contributed by atoms with Crippen molar-refractivity contribution >= 4 is 40.6 Å². The van der Waals surface area contributed by atoms with Gasteiger partial charge in [0.1, 0.15) is 18.8 Å². The van der Waals surface area contributed by atoms with Crippen LogP contribution >= 0.6 is 0 Å². The van der Waals surface area contributed by atoms with E-state index in [2.05, 4.69) is 21.7 Å². The molecule has 1 saturated heterocycles.